The number of hydrogen-bond acceptors (Lipinski definition) is 4. The molecular weight excluding hydrogens is 298 g/mol. The molecule has 2 aliphatic heterocycles. The molecule has 0 saturated carbocycles. The Hall–Kier alpha value is -1.91. The first-order valence-electron chi connectivity index (χ1n) is 8.70. The highest BCUT2D eigenvalue weighted by Crippen LogP contribution is 2.44. The van der Waals surface area contributed by atoms with Gasteiger partial charge in [0, 0.05) is 44.6 Å². The number of rotatable bonds is 4. The van der Waals surface area contributed by atoms with Crippen LogP contribution in [0.5, 0.6) is 5.75 Å². The van der Waals surface area contributed by atoms with Crippen LogP contribution in [0.25, 0.3) is 0 Å². The van der Waals surface area contributed by atoms with Gasteiger partial charge >= 0.3 is 0 Å². The van der Waals surface area contributed by atoms with Crippen LogP contribution in [0.15, 0.2) is 48.8 Å². The highest BCUT2D eigenvalue weighted by atomic mass is 16.5. The number of benzene rings is 1. The van der Waals surface area contributed by atoms with Gasteiger partial charge in [-0.1, -0.05) is 18.2 Å². The summed E-state index contributed by atoms with van der Waals surface area (Å²) >= 11 is 0. The van der Waals surface area contributed by atoms with Crippen molar-refractivity contribution in [3.05, 3.63) is 59.9 Å². The van der Waals surface area contributed by atoms with Crippen LogP contribution in [0.3, 0.4) is 0 Å². The van der Waals surface area contributed by atoms with Gasteiger partial charge in [-0.05, 0) is 48.2 Å². The van der Waals surface area contributed by atoms with Crippen molar-refractivity contribution in [2.24, 2.45) is 11.8 Å². The summed E-state index contributed by atoms with van der Waals surface area (Å²) in [5.74, 6) is 2.40. The summed E-state index contributed by atoms with van der Waals surface area (Å²) < 4.78 is 5.30. The molecule has 0 spiro atoms. The fraction of sp³-hybridized carbons (Fsp3) is 0.450. The Morgan fingerprint density at radius 3 is 2.67 bits per heavy atom. The van der Waals surface area contributed by atoms with Crippen LogP contribution >= 0.6 is 0 Å². The van der Waals surface area contributed by atoms with Gasteiger partial charge in [0.15, 0.2) is 0 Å². The van der Waals surface area contributed by atoms with Crippen LogP contribution in [0.2, 0.25) is 0 Å². The summed E-state index contributed by atoms with van der Waals surface area (Å²) in [6, 6.07) is 13.3. The van der Waals surface area contributed by atoms with E-state index in [-0.39, 0.29) is 0 Å². The summed E-state index contributed by atoms with van der Waals surface area (Å²) in [5, 5.41) is 0. The van der Waals surface area contributed by atoms with Crippen molar-refractivity contribution in [1.29, 1.82) is 0 Å². The standard InChI is InChI=1S/C20H25N3O/c1-22-12-17-13-23(11-15-4-3-9-21-10-15)14-19(17)20(22)16-5-7-18(24-2)8-6-16/h3-10,17,19-20H,11-14H2,1-2H3/t17-,19+,20+/m0/s1. The van der Waals surface area contributed by atoms with Gasteiger partial charge in [0.05, 0.1) is 7.11 Å². The number of aromatic nitrogens is 1. The second-order valence-corrected chi connectivity index (χ2v) is 7.14. The lowest BCUT2D eigenvalue weighted by Gasteiger charge is -2.27. The molecule has 2 saturated heterocycles. The smallest absolute Gasteiger partial charge is 0.118 e. The minimum absolute atomic E-state index is 0.514. The van der Waals surface area contributed by atoms with E-state index in [0.717, 1.165) is 18.2 Å². The van der Waals surface area contributed by atoms with Crippen molar-refractivity contribution in [3.63, 3.8) is 0 Å². The first-order chi connectivity index (χ1) is 11.7. The van der Waals surface area contributed by atoms with Crippen LogP contribution in [-0.4, -0.2) is 48.6 Å². The maximum absolute atomic E-state index is 5.30. The molecular formula is C20H25N3O. The van der Waals surface area contributed by atoms with Crippen molar-refractivity contribution in [2.45, 2.75) is 12.6 Å². The number of likely N-dealkylation sites (tertiary alicyclic amines) is 2. The average Bonchev–Trinajstić information content (AvgIpc) is 3.11. The highest BCUT2D eigenvalue weighted by molar-refractivity contribution is 5.30. The quantitative estimate of drug-likeness (QED) is 0.865. The van der Waals surface area contributed by atoms with Crippen LogP contribution in [0, 0.1) is 11.8 Å². The van der Waals surface area contributed by atoms with Crippen molar-refractivity contribution in [2.75, 3.05) is 33.8 Å². The third-order valence-corrected chi connectivity index (χ3v) is 5.56. The molecule has 0 amide bonds. The lowest BCUT2D eigenvalue weighted by atomic mass is 9.89. The van der Waals surface area contributed by atoms with Crippen molar-refractivity contribution in [3.8, 4) is 5.75 Å². The van der Waals surface area contributed by atoms with Crippen LogP contribution < -0.4 is 4.74 Å². The molecule has 3 heterocycles. The fourth-order valence-corrected chi connectivity index (χ4v) is 4.53. The van der Waals surface area contributed by atoms with E-state index in [1.54, 1.807) is 7.11 Å². The number of methoxy groups -OCH3 is 1. The molecule has 0 N–H and O–H groups in total. The number of hydrogen-bond donors (Lipinski definition) is 0. The van der Waals surface area contributed by atoms with Crippen molar-refractivity contribution >= 4 is 0 Å². The van der Waals surface area contributed by atoms with Crippen LogP contribution in [0.4, 0.5) is 0 Å². The van der Waals surface area contributed by atoms with E-state index in [1.165, 1.54) is 30.8 Å². The molecule has 3 atom stereocenters. The van der Waals surface area contributed by atoms with E-state index >= 15 is 0 Å². The van der Waals surface area contributed by atoms with Gasteiger partial charge in [-0.25, -0.2) is 0 Å². The minimum atomic E-state index is 0.514. The van der Waals surface area contributed by atoms with E-state index in [1.807, 2.05) is 18.5 Å². The molecule has 0 bridgehead atoms. The summed E-state index contributed by atoms with van der Waals surface area (Å²) in [6.45, 7) is 4.56. The predicted octanol–water partition coefficient (Wildman–Crippen LogP) is 2.82. The summed E-state index contributed by atoms with van der Waals surface area (Å²) in [6.07, 6.45) is 3.83. The van der Waals surface area contributed by atoms with Crippen molar-refractivity contribution < 1.29 is 4.74 Å². The van der Waals surface area contributed by atoms with Gasteiger partial charge in [-0.15, -0.1) is 0 Å². The summed E-state index contributed by atoms with van der Waals surface area (Å²) in [5.41, 5.74) is 2.72. The second kappa shape index (κ2) is 6.54. The van der Waals surface area contributed by atoms with Crippen LogP contribution in [0.1, 0.15) is 17.2 Å². The lowest BCUT2D eigenvalue weighted by molar-refractivity contribution is 0.224. The molecule has 126 valence electrons. The molecule has 0 aliphatic carbocycles. The number of fused-ring (bicyclic) bond motifs is 1. The fourth-order valence-electron chi connectivity index (χ4n) is 4.53. The molecule has 4 nitrogen and oxygen atoms in total. The van der Waals surface area contributed by atoms with E-state index in [4.69, 9.17) is 4.74 Å². The molecule has 1 aromatic heterocycles. The monoisotopic (exact) mass is 323 g/mol. The zero-order valence-electron chi connectivity index (χ0n) is 14.4. The molecule has 24 heavy (non-hydrogen) atoms. The molecule has 0 unspecified atom stereocenters. The maximum Gasteiger partial charge on any atom is 0.118 e. The van der Waals surface area contributed by atoms with E-state index in [2.05, 4.69) is 52.2 Å². The Labute approximate surface area is 144 Å². The molecule has 1 aromatic carbocycles. The zero-order valence-corrected chi connectivity index (χ0v) is 14.4. The Bertz CT molecular complexity index is 673. The van der Waals surface area contributed by atoms with Gasteiger partial charge in [-0.3, -0.25) is 14.8 Å². The Balaban J connectivity index is 1.48. The molecule has 2 aromatic rings. The van der Waals surface area contributed by atoms with Gasteiger partial charge < -0.3 is 4.74 Å². The largest absolute Gasteiger partial charge is 0.497 e. The summed E-state index contributed by atoms with van der Waals surface area (Å²) in [4.78, 5) is 9.36. The zero-order chi connectivity index (χ0) is 16.5. The first-order valence-corrected chi connectivity index (χ1v) is 8.70. The molecule has 4 rings (SSSR count). The van der Waals surface area contributed by atoms with Gasteiger partial charge in [0.1, 0.15) is 5.75 Å². The normalized spacial score (nSPS) is 27.3. The number of nitrogens with zero attached hydrogens (tertiary/aromatic N) is 3. The topological polar surface area (TPSA) is 28.6 Å². The second-order valence-electron chi connectivity index (χ2n) is 7.14. The Morgan fingerprint density at radius 2 is 1.96 bits per heavy atom. The van der Waals surface area contributed by atoms with E-state index in [0.29, 0.717) is 12.0 Å². The Kier molecular flexibility index (Phi) is 4.25. The SMILES string of the molecule is COc1ccc([C@@H]2[C@@H]3CN(Cc4cccnc4)C[C@@H]3CN2C)cc1. The molecule has 4 heteroatoms. The minimum Gasteiger partial charge on any atom is -0.497 e. The van der Waals surface area contributed by atoms with Gasteiger partial charge in [0.25, 0.3) is 0 Å². The predicted molar refractivity (Wildman–Crippen MR) is 94.9 cm³/mol. The van der Waals surface area contributed by atoms with Gasteiger partial charge in [-0.2, -0.15) is 0 Å². The first kappa shape index (κ1) is 15.6. The average molecular weight is 323 g/mol. The van der Waals surface area contributed by atoms with Crippen LogP contribution in [-0.2, 0) is 6.54 Å². The Morgan fingerprint density at radius 1 is 1.12 bits per heavy atom. The summed E-state index contributed by atoms with van der Waals surface area (Å²) in [7, 11) is 3.98. The van der Waals surface area contributed by atoms with E-state index in [9.17, 15) is 0 Å². The maximum atomic E-state index is 5.30. The third-order valence-electron chi connectivity index (χ3n) is 5.56. The lowest BCUT2D eigenvalue weighted by Crippen LogP contribution is -2.28. The van der Waals surface area contributed by atoms with Gasteiger partial charge in [0.2, 0.25) is 0 Å². The van der Waals surface area contributed by atoms with E-state index < -0.39 is 0 Å². The molecule has 2 aliphatic rings. The van der Waals surface area contributed by atoms with Crippen molar-refractivity contribution in [1.82, 2.24) is 14.8 Å². The highest BCUT2D eigenvalue weighted by Gasteiger charge is 2.45. The number of ether oxygens (including phenoxy) is 1. The number of pyridine rings is 1. The molecule has 0 radical (unpaired) electrons. The third kappa shape index (κ3) is 2.92. The molecule has 2 fully saturated rings.